The van der Waals surface area contributed by atoms with Crippen LogP contribution >= 0.6 is 0 Å². The van der Waals surface area contributed by atoms with Crippen LogP contribution in [0.1, 0.15) is 22.9 Å². The van der Waals surface area contributed by atoms with E-state index < -0.39 is 28.4 Å². The number of ketones is 1. The van der Waals surface area contributed by atoms with Crippen molar-refractivity contribution in [1.29, 1.82) is 0 Å². The number of methoxy groups -OCH3 is 1. The Bertz CT molecular complexity index is 1210. The predicted octanol–water partition coefficient (Wildman–Crippen LogP) is 3.82. The van der Waals surface area contributed by atoms with Gasteiger partial charge in [-0.05, 0) is 42.5 Å². The molecule has 0 saturated carbocycles. The molecule has 1 aliphatic heterocycles. The normalized spacial score (nSPS) is 17.5. The lowest BCUT2D eigenvalue weighted by Crippen LogP contribution is -2.29. The highest BCUT2D eigenvalue weighted by Gasteiger charge is 2.48. The van der Waals surface area contributed by atoms with E-state index in [1.54, 1.807) is 30.3 Å². The Morgan fingerprint density at radius 2 is 1.84 bits per heavy atom. The van der Waals surface area contributed by atoms with Crippen LogP contribution in [0.15, 0.2) is 76.9 Å². The second kappa shape index (κ2) is 8.38. The highest BCUT2D eigenvalue weighted by Crippen LogP contribution is 2.43. The zero-order chi connectivity index (χ0) is 22.8. The quantitative estimate of drug-likeness (QED) is 0.206. The molecule has 0 aliphatic carbocycles. The molecule has 32 heavy (non-hydrogen) atoms. The third-order valence-corrected chi connectivity index (χ3v) is 5.24. The average molecular weight is 434 g/mol. The summed E-state index contributed by atoms with van der Waals surface area (Å²) in [4.78, 5) is 38.2. The van der Waals surface area contributed by atoms with Gasteiger partial charge in [0.15, 0.2) is 0 Å². The number of rotatable bonds is 6. The lowest BCUT2D eigenvalue weighted by Gasteiger charge is -2.24. The molecule has 1 aliphatic rings. The van der Waals surface area contributed by atoms with E-state index in [-0.39, 0.29) is 28.9 Å². The molecule has 162 valence electrons. The van der Waals surface area contributed by atoms with Gasteiger partial charge in [-0.3, -0.25) is 19.7 Å². The second-order valence-corrected chi connectivity index (χ2v) is 7.05. The summed E-state index contributed by atoms with van der Waals surface area (Å²) in [6.45, 7) is -0.103. The predicted molar refractivity (Wildman–Crippen MR) is 113 cm³/mol. The number of nitrogens with zero attached hydrogens (tertiary/aromatic N) is 2. The lowest BCUT2D eigenvalue weighted by molar-refractivity contribution is -0.385. The van der Waals surface area contributed by atoms with E-state index in [4.69, 9.17) is 9.15 Å². The fourth-order valence-corrected chi connectivity index (χ4v) is 3.73. The topological polar surface area (TPSA) is 123 Å². The van der Waals surface area contributed by atoms with Crippen LogP contribution in [-0.4, -0.2) is 33.7 Å². The molecule has 0 spiro atoms. The van der Waals surface area contributed by atoms with E-state index in [1.165, 1.54) is 48.6 Å². The van der Waals surface area contributed by atoms with Crippen molar-refractivity contribution < 1.29 is 28.8 Å². The first-order chi connectivity index (χ1) is 15.4. The molecule has 1 fully saturated rings. The number of benzene rings is 2. The molecule has 0 bridgehead atoms. The SMILES string of the molecule is COc1ccc(/C(O)=C2/C(=O)C(=O)N(Cc3ccco3)C2c2ccccc2[N+](=O)[O-])cc1. The fourth-order valence-electron chi connectivity index (χ4n) is 3.73. The molecule has 1 unspecified atom stereocenters. The molecular formula is C23H18N2O7. The van der Waals surface area contributed by atoms with Crippen LogP contribution < -0.4 is 4.74 Å². The van der Waals surface area contributed by atoms with Crippen molar-refractivity contribution in [3.8, 4) is 5.75 Å². The number of nitro benzene ring substituents is 1. The molecule has 9 nitrogen and oxygen atoms in total. The van der Waals surface area contributed by atoms with Gasteiger partial charge in [-0.15, -0.1) is 0 Å². The van der Waals surface area contributed by atoms with Crippen LogP contribution in [0.2, 0.25) is 0 Å². The zero-order valence-electron chi connectivity index (χ0n) is 16.9. The van der Waals surface area contributed by atoms with Gasteiger partial charge in [0.05, 0.1) is 42.0 Å². The summed E-state index contributed by atoms with van der Waals surface area (Å²) >= 11 is 0. The first kappa shape index (κ1) is 20.9. The number of likely N-dealkylation sites (tertiary alicyclic amines) is 1. The van der Waals surface area contributed by atoms with E-state index in [1.807, 2.05) is 0 Å². The maximum atomic E-state index is 13.0. The highest BCUT2D eigenvalue weighted by molar-refractivity contribution is 6.46. The van der Waals surface area contributed by atoms with Gasteiger partial charge in [0, 0.05) is 11.6 Å². The van der Waals surface area contributed by atoms with E-state index in [0.29, 0.717) is 11.5 Å². The van der Waals surface area contributed by atoms with Crippen molar-refractivity contribution in [3.63, 3.8) is 0 Å². The number of furan rings is 1. The molecule has 1 aromatic heterocycles. The summed E-state index contributed by atoms with van der Waals surface area (Å²) in [6, 6.07) is 14.1. The minimum Gasteiger partial charge on any atom is -0.507 e. The first-order valence-electron chi connectivity index (χ1n) is 9.61. The monoisotopic (exact) mass is 434 g/mol. The van der Waals surface area contributed by atoms with Crippen molar-refractivity contribution in [2.24, 2.45) is 0 Å². The zero-order valence-corrected chi connectivity index (χ0v) is 16.9. The smallest absolute Gasteiger partial charge is 0.296 e. The number of para-hydroxylation sites is 1. The van der Waals surface area contributed by atoms with Crippen molar-refractivity contribution in [2.75, 3.05) is 7.11 Å². The summed E-state index contributed by atoms with van der Waals surface area (Å²) in [7, 11) is 1.49. The molecule has 2 aromatic carbocycles. The number of carbonyl (C=O) groups is 2. The molecule has 1 amide bonds. The van der Waals surface area contributed by atoms with Gasteiger partial charge in [-0.2, -0.15) is 0 Å². The van der Waals surface area contributed by atoms with Crippen molar-refractivity contribution in [3.05, 3.63) is 99.5 Å². The second-order valence-electron chi connectivity index (χ2n) is 7.05. The molecule has 3 aromatic rings. The first-order valence-corrected chi connectivity index (χ1v) is 9.61. The number of hydrogen-bond acceptors (Lipinski definition) is 7. The van der Waals surface area contributed by atoms with E-state index in [0.717, 1.165) is 0 Å². The van der Waals surface area contributed by atoms with Crippen molar-refractivity contribution >= 4 is 23.1 Å². The van der Waals surface area contributed by atoms with Gasteiger partial charge in [0.25, 0.3) is 17.4 Å². The number of hydrogen-bond donors (Lipinski definition) is 1. The third kappa shape index (κ3) is 3.60. The van der Waals surface area contributed by atoms with E-state index >= 15 is 0 Å². The molecular weight excluding hydrogens is 416 g/mol. The summed E-state index contributed by atoms with van der Waals surface area (Å²) in [5, 5.41) is 22.7. The lowest BCUT2D eigenvalue weighted by atomic mass is 9.94. The molecule has 1 atom stereocenters. The van der Waals surface area contributed by atoms with Crippen LogP contribution in [0, 0.1) is 10.1 Å². The molecule has 4 rings (SSSR count). The number of ether oxygens (including phenoxy) is 1. The minimum absolute atomic E-state index is 0.103. The number of amides is 1. The number of nitro groups is 1. The average Bonchev–Trinajstić information content (AvgIpc) is 3.41. The van der Waals surface area contributed by atoms with Crippen molar-refractivity contribution in [1.82, 2.24) is 4.90 Å². The fraction of sp³-hybridized carbons (Fsp3) is 0.130. The number of Topliss-reactive ketones (excluding diaryl/α,β-unsaturated/α-hetero) is 1. The third-order valence-electron chi connectivity index (χ3n) is 5.24. The Labute approximate surface area is 182 Å². The van der Waals surface area contributed by atoms with E-state index in [2.05, 4.69) is 0 Å². The number of aliphatic hydroxyl groups excluding tert-OH is 1. The van der Waals surface area contributed by atoms with Crippen LogP contribution in [0.3, 0.4) is 0 Å². The van der Waals surface area contributed by atoms with Gasteiger partial charge in [-0.25, -0.2) is 0 Å². The number of carbonyl (C=O) groups excluding carboxylic acids is 2. The van der Waals surface area contributed by atoms with Gasteiger partial charge in [0.1, 0.15) is 17.3 Å². The number of aliphatic hydroxyl groups is 1. The van der Waals surface area contributed by atoms with Gasteiger partial charge < -0.3 is 19.2 Å². The van der Waals surface area contributed by atoms with Gasteiger partial charge >= 0.3 is 0 Å². The van der Waals surface area contributed by atoms with Crippen LogP contribution in [0.5, 0.6) is 5.75 Å². The largest absolute Gasteiger partial charge is 0.507 e. The molecule has 9 heteroatoms. The molecule has 0 radical (unpaired) electrons. The minimum atomic E-state index is -1.18. The van der Waals surface area contributed by atoms with Crippen LogP contribution in [0.25, 0.3) is 5.76 Å². The van der Waals surface area contributed by atoms with Gasteiger partial charge in [-0.1, -0.05) is 12.1 Å². The van der Waals surface area contributed by atoms with E-state index in [9.17, 15) is 24.8 Å². The standard InChI is InChI=1S/C23H18N2O7/c1-31-15-10-8-14(9-11-15)21(26)19-20(17-6-2-3-7-18(17)25(29)30)24(23(28)22(19)27)13-16-5-4-12-32-16/h2-12,20,26H,13H2,1H3/b21-19-. The van der Waals surface area contributed by atoms with Gasteiger partial charge in [0.2, 0.25) is 0 Å². The summed E-state index contributed by atoms with van der Waals surface area (Å²) < 4.78 is 10.4. The summed E-state index contributed by atoms with van der Waals surface area (Å²) in [5.41, 5.74) is -0.130. The maximum Gasteiger partial charge on any atom is 0.296 e. The van der Waals surface area contributed by atoms with Crippen LogP contribution in [0.4, 0.5) is 5.69 Å². The Hall–Kier alpha value is -4.40. The maximum absolute atomic E-state index is 13.0. The summed E-state index contributed by atoms with van der Waals surface area (Å²) in [5.74, 6) is -1.33. The Kier molecular flexibility index (Phi) is 5.46. The highest BCUT2D eigenvalue weighted by atomic mass is 16.6. The Morgan fingerprint density at radius 3 is 2.47 bits per heavy atom. The van der Waals surface area contributed by atoms with Crippen LogP contribution in [-0.2, 0) is 16.1 Å². The molecule has 1 N–H and O–H groups in total. The Balaban J connectivity index is 1.91. The summed E-state index contributed by atoms with van der Waals surface area (Å²) in [6.07, 6.45) is 1.42. The Morgan fingerprint density at radius 1 is 1.12 bits per heavy atom. The molecule has 2 heterocycles. The molecule has 1 saturated heterocycles. The van der Waals surface area contributed by atoms with Crippen molar-refractivity contribution in [2.45, 2.75) is 12.6 Å².